The van der Waals surface area contributed by atoms with Gasteiger partial charge in [0.1, 0.15) is 5.58 Å². The van der Waals surface area contributed by atoms with E-state index in [0.29, 0.717) is 0 Å². The van der Waals surface area contributed by atoms with Gasteiger partial charge in [-0.25, -0.2) is 13.2 Å². The largest absolute Gasteiger partial charge is 0.422 e. The highest BCUT2D eigenvalue weighted by Crippen LogP contribution is 2.45. The van der Waals surface area contributed by atoms with Crippen molar-refractivity contribution in [3.8, 4) is 11.1 Å². The fourth-order valence-corrected chi connectivity index (χ4v) is 4.96. The molecular weight excluding hydrogens is 486 g/mol. The second-order valence-corrected chi connectivity index (χ2v) is 8.96. The van der Waals surface area contributed by atoms with E-state index in [1.807, 2.05) is 0 Å². The number of benzene rings is 3. The minimum Gasteiger partial charge on any atom is -0.422 e. The predicted octanol–water partition coefficient (Wildman–Crippen LogP) is 6.33. The molecule has 0 fully saturated rings. The summed E-state index contributed by atoms with van der Waals surface area (Å²) in [6.45, 7) is 0. The first-order valence-electron chi connectivity index (χ1n) is 9.89. The lowest BCUT2D eigenvalue weighted by Crippen LogP contribution is -2.19. The number of hydrogen-bond donors (Lipinski definition) is 0. The van der Waals surface area contributed by atoms with E-state index >= 15 is 0 Å². The number of hydrogen-bond acceptors (Lipinski definition) is 4. The Morgan fingerprint density at radius 3 is 1.91 bits per heavy atom. The minimum absolute atomic E-state index is 0.0969. The molecule has 0 spiro atoms. The third-order valence-electron chi connectivity index (χ3n) is 4.87. The van der Waals surface area contributed by atoms with Gasteiger partial charge in [-0.15, -0.1) is 0 Å². The van der Waals surface area contributed by atoms with Crippen molar-refractivity contribution >= 4 is 20.8 Å². The van der Waals surface area contributed by atoms with Gasteiger partial charge >= 0.3 is 18.0 Å². The summed E-state index contributed by atoms with van der Waals surface area (Å²) in [6, 6.07) is 11.0. The van der Waals surface area contributed by atoms with Crippen LogP contribution in [-0.4, -0.2) is 8.42 Å². The van der Waals surface area contributed by atoms with Crippen LogP contribution in [0.2, 0.25) is 0 Å². The molecule has 4 aromatic rings. The number of fused-ring (bicyclic) bond motifs is 1. The van der Waals surface area contributed by atoms with Crippen molar-refractivity contribution in [1.82, 2.24) is 0 Å². The average Bonchev–Trinajstić information content (AvgIpc) is 2.77. The Morgan fingerprint density at radius 1 is 0.824 bits per heavy atom. The Hall–Kier alpha value is -3.60. The second-order valence-electron chi connectivity index (χ2n) is 7.07. The SMILES string of the molecule is [2H]c1c(C(F)(F)F)cc2oc(=O)c(S(=O)(=O)c3ccccc3)c(-c3ccccc3)c2c1C(F)(F)F. The molecule has 0 amide bonds. The molecule has 0 N–H and O–H groups in total. The molecule has 0 bridgehead atoms. The van der Waals surface area contributed by atoms with Crippen LogP contribution in [-0.2, 0) is 22.2 Å². The molecular formula is C23H12F6O4S. The van der Waals surface area contributed by atoms with E-state index in [0.717, 1.165) is 12.1 Å². The van der Waals surface area contributed by atoms with E-state index in [1.165, 1.54) is 48.5 Å². The molecule has 4 rings (SSSR count). The van der Waals surface area contributed by atoms with Crippen LogP contribution in [0, 0.1) is 0 Å². The van der Waals surface area contributed by atoms with Gasteiger partial charge in [-0.05, 0) is 29.8 Å². The lowest BCUT2D eigenvalue weighted by molar-refractivity contribution is -0.142. The highest BCUT2D eigenvalue weighted by atomic mass is 32.2. The van der Waals surface area contributed by atoms with E-state index in [4.69, 9.17) is 5.79 Å². The quantitative estimate of drug-likeness (QED) is 0.244. The van der Waals surface area contributed by atoms with Crippen LogP contribution in [0.15, 0.2) is 91.8 Å². The first-order chi connectivity index (χ1) is 16.2. The summed E-state index contributed by atoms with van der Waals surface area (Å²) in [5.41, 5.74) is -7.89. The molecule has 0 radical (unpaired) electrons. The summed E-state index contributed by atoms with van der Waals surface area (Å²) in [6.07, 6.45) is -10.9. The van der Waals surface area contributed by atoms with Crippen LogP contribution in [0.4, 0.5) is 26.3 Å². The summed E-state index contributed by atoms with van der Waals surface area (Å²) < 4.78 is 122. The first-order valence-corrected chi connectivity index (χ1v) is 10.9. The van der Waals surface area contributed by atoms with Gasteiger partial charge in [0.05, 0.1) is 17.4 Å². The minimum atomic E-state index is -5.53. The van der Waals surface area contributed by atoms with Gasteiger partial charge < -0.3 is 4.42 Å². The average molecular weight is 499 g/mol. The van der Waals surface area contributed by atoms with Crippen molar-refractivity contribution in [2.24, 2.45) is 0 Å². The van der Waals surface area contributed by atoms with Crippen molar-refractivity contribution in [3.05, 3.63) is 94.3 Å². The molecule has 176 valence electrons. The number of halogens is 6. The molecule has 0 saturated carbocycles. The topological polar surface area (TPSA) is 64.3 Å². The Kier molecular flexibility index (Phi) is 5.23. The summed E-state index contributed by atoms with van der Waals surface area (Å²) in [7, 11) is -4.81. The fraction of sp³-hybridized carbons (Fsp3) is 0.0870. The summed E-state index contributed by atoms with van der Waals surface area (Å²) in [4.78, 5) is 11.3. The molecule has 0 aliphatic carbocycles. The van der Waals surface area contributed by atoms with Crippen LogP contribution in [0.3, 0.4) is 0 Å². The lowest BCUT2D eigenvalue weighted by atomic mass is 9.96. The molecule has 0 saturated heterocycles. The highest BCUT2D eigenvalue weighted by molar-refractivity contribution is 7.91. The maximum absolute atomic E-state index is 14.1. The van der Waals surface area contributed by atoms with E-state index in [-0.39, 0.29) is 11.6 Å². The zero-order valence-electron chi connectivity index (χ0n) is 17.7. The summed E-state index contributed by atoms with van der Waals surface area (Å²) >= 11 is 0. The summed E-state index contributed by atoms with van der Waals surface area (Å²) in [5, 5.41) is -1.14. The molecule has 11 heteroatoms. The zero-order valence-corrected chi connectivity index (χ0v) is 17.5. The number of alkyl halides is 6. The van der Waals surface area contributed by atoms with Crippen LogP contribution < -0.4 is 5.63 Å². The Balaban J connectivity index is 2.33. The Bertz CT molecular complexity index is 1590. The molecule has 4 nitrogen and oxygen atoms in total. The maximum Gasteiger partial charge on any atom is 0.417 e. The molecule has 0 aliphatic heterocycles. The predicted molar refractivity (Wildman–Crippen MR) is 110 cm³/mol. The Morgan fingerprint density at radius 2 is 1.38 bits per heavy atom. The maximum atomic E-state index is 14.1. The first kappa shape index (κ1) is 22.2. The van der Waals surface area contributed by atoms with Gasteiger partial charge in [0, 0.05) is 10.9 Å². The summed E-state index contributed by atoms with van der Waals surface area (Å²) in [5.74, 6) is 0. The smallest absolute Gasteiger partial charge is 0.417 e. The normalized spacial score (nSPS) is 13.2. The van der Waals surface area contributed by atoms with Crippen molar-refractivity contribution in [1.29, 1.82) is 0 Å². The number of rotatable bonds is 3. The van der Waals surface area contributed by atoms with Gasteiger partial charge in [0.2, 0.25) is 9.84 Å². The molecule has 1 heterocycles. The van der Waals surface area contributed by atoms with Crippen LogP contribution in [0.5, 0.6) is 0 Å². The van der Waals surface area contributed by atoms with Crippen molar-refractivity contribution < 1.29 is 40.5 Å². The van der Waals surface area contributed by atoms with E-state index in [1.54, 1.807) is 0 Å². The molecule has 3 aromatic carbocycles. The third-order valence-corrected chi connectivity index (χ3v) is 6.67. The zero-order chi connectivity index (χ0) is 25.8. The molecule has 0 atom stereocenters. The van der Waals surface area contributed by atoms with Crippen LogP contribution in [0.1, 0.15) is 12.5 Å². The van der Waals surface area contributed by atoms with Crippen molar-refractivity contribution in [2.45, 2.75) is 22.1 Å². The third kappa shape index (κ3) is 4.07. The molecule has 34 heavy (non-hydrogen) atoms. The molecule has 1 aromatic heterocycles. The fourth-order valence-electron chi connectivity index (χ4n) is 3.46. The standard InChI is InChI=1S/C23H12F6O4S/c24-22(25,26)14-11-16(23(27,28)29)19-17(12-14)33-21(30)20(18(19)13-7-3-1-4-8-13)34(31,32)15-9-5-2-6-10-15/h1-12H/i11D. The van der Waals surface area contributed by atoms with Crippen molar-refractivity contribution in [3.63, 3.8) is 0 Å². The van der Waals surface area contributed by atoms with Gasteiger partial charge in [-0.3, -0.25) is 0 Å². The van der Waals surface area contributed by atoms with Gasteiger partial charge in [0.15, 0.2) is 4.90 Å². The molecule has 0 aliphatic rings. The molecule has 0 unspecified atom stereocenters. The lowest BCUT2D eigenvalue weighted by Gasteiger charge is -2.18. The van der Waals surface area contributed by atoms with Crippen LogP contribution in [0.25, 0.3) is 22.1 Å². The van der Waals surface area contributed by atoms with Gasteiger partial charge in [0.25, 0.3) is 0 Å². The monoisotopic (exact) mass is 499 g/mol. The van der Waals surface area contributed by atoms with Gasteiger partial charge in [-0.2, -0.15) is 26.3 Å². The second kappa shape index (κ2) is 8.01. The van der Waals surface area contributed by atoms with E-state index in [2.05, 4.69) is 0 Å². The van der Waals surface area contributed by atoms with Crippen LogP contribution >= 0.6 is 0 Å². The number of sulfone groups is 1. The Labute approximate surface area is 189 Å². The van der Waals surface area contributed by atoms with E-state index in [9.17, 15) is 39.6 Å². The van der Waals surface area contributed by atoms with Gasteiger partial charge in [-0.1, -0.05) is 48.5 Å². The highest BCUT2D eigenvalue weighted by Gasteiger charge is 2.41. The van der Waals surface area contributed by atoms with E-state index < -0.39 is 71.3 Å². The van der Waals surface area contributed by atoms with Crippen molar-refractivity contribution in [2.75, 3.05) is 0 Å².